The molecule has 2 aromatic rings. The van der Waals surface area contributed by atoms with Crippen LogP contribution in [0.15, 0.2) is 42.5 Å². The first-order chi connectivity index (χ1) is 10.0. The zero-order valence-electron chi connectivity index (χ0n) is 11.6. The van der Waals surface area contributed by atoms with E-state index in [1.807, 2.05) is 37.4 Å². The quantitative estimate of drug-likeness (QED) is 0.813. The molecular weight excluding hydrogens is 306 g/mol. The first-order valence-electron chi connectivity index (χ1n) is 6.45. The number of hydrogen-bond acceptors (Lipinski definition) is 3. The zero-order chi connectivity index (χ0) is 15.2. The minimum absolute atomic E-state index is 0.748. The van der Waals surface area contributed by atoms with Gasteiger partial charge in [-0.05, 0) is 43.0 Å². The van der Waals surface area contributed by atoms with Crippen molar-refractivity contribution in [3.63, 3.8) is 0 Å². The third-order valence-electron chi connectivity index (χ3n) is 2.84. The maximum absolute atomic E-state index is 10.5. The number of thiophene rings is 1. The lowest BCUT2D eigenvalue weighted by Gasteiger charge is -2.15. The van der Waals surface area contributed by atoms with Crippen LogP contribution in [-0.2, 0) is 17.9 Å². The molecule has 3 nitrogen and oxygen atoms in total. The number of carbonyl (C=O) groups is 1. The number of halogens is 1. The number of carboxylic acid groups (broad SMARTS) is 1. The summed E-state index contributed by atoms with van der Waals surface area (Å²) in [4.78, 5) is 14.8. The number of carboxylic acids is 1. The fraction of sp³-hybridized carbons (Fsp3) is 0.188. The van der Waals surface area contributed by atoms with Gasteiger partial charge >= 0.3 is 5.97 Å². The SMILES string of the molecule is CN(Cc1cccc(Cl)c1)Cc1ccc(C=CC(=O)O)s1. The topological polar surface area (TPSA) is 40.5 Å². The molecule has 0 aliphatic carbocycles. The fourth-order valence-electron chi connectivity index (χ4n) is 1.99. The van der Waals surface area contributed by atoms with Gasteiger partial charge in [-0.3, -0.25) is 4.90 Å². The highest BCUT2D eigenvalue weighted by Crippen LogP contribution is 2.20. The van der Waals surface area contributed by atoms with Crippen LogP contribution in [-0.4, -0.2) is 23.0 Å². The van der Waals surface area contributed by atoms with Gasteiger partial charge in [-0.2, -0.15) is 0 Å². The van der Waals surface area contributed by atoms with Crippen molar-refractivity contribution in [1.29, 1.82) is 0 Å². The molecule has 0 unspecified atom stereocenters. The third-order valence-corrected chi connectivity index (χ3v) is 4.11. The van der Waals surface area contributed by atoms with Crippen LogP contribution in [0.3, 0.4) is 0 Å². The molecular formula is C16H16ClNO2S. The summed E-state index contributed by atoms with van der Waals surface area (Å²) in [6.07, 6.45) is 2.78. The lowest BCUT2D eigenvalue weighted by molar-refractivity contribution is -0.131. The number of hydrogen-bond donors (Lipinski definition) is 1. The van der Waals surface area contributed by atoms with E-state index in [4.69, 9.17) is 16.7 Å². The number of nitrogens with zero attached hydrogens (tertiary/aromatic N) is 1. The number of aliphatic carboxylic acids is 1. The first kappa shape index (κ1) is 15.8. The lowest BCUT2D eigenvalue weighted by Crippen LogP contribution is -2.16. The van der Waals surface area contributed by atoms with Crippen molar-refractivity contribution in [3.05, 3.63) is 62.8 Å². The molecule has 1 heterocycles. The predicted octanol–water partition coefficient (Wildman–Crippen LogP) is 4.13. The molecule has 1 N–H and O–H groups in total. The van der Waals surface area contributed by atoms with Gasteiger partial charge in [-0.1, -0.05) is 23.7 Å². The molecule has 0 fully saturated rings. The molecule has 2 rings (SSSR count). The molecule has 5 heteroatoms. The van der Waals surface area contributed by atoms with Gasteiger partial charge < -0.3 is 5.11 Å². The molecule has 0 atom stereocenters. The second-order valence-electron chi connectivity index (χ2n) is 4.78. The molecule has 110 valence electrons. The highest BCUT2D eigenvalue weighted by Gasteiger charge is 2.05. The van der Waals surface area contributed by atoms with Crippen LogP contribution < -0.4 is 0 Å². The second-order valence-corrected chi connectivity index (χ2v) is 6.41. The minimum Gasteiger partial charge on any atom is -0.478 e. The maximum Gasteiger partial charge on any atom is 0.328 e. The van der Waals surface area contributed by atoms with Crippen LogP contribution >= 0.6 is 22.9 Å². The zero-order valence-corrected chi connectivity index (χ0v) is 13.2. The van der Waals surface area contributed by atoms with Crippen molar-refractivity contribution in [2.24, 2.45) is 0 Å². The normalized spacial score (nSPS) is 11.4. The van der Waals surface area contributed by atoms with Crippen molar-refractivity contribution in [3.8, 4) is 0 Å². The maximum atomic E-state index is 10.5. The van der Waals surface area contributed by atoms with Crippen LogP contribution in [0.1, 0.15) is 15.3 Å². The standard InChI is InChI=1S/C16H16ClNO2S/c1-18(10-12-3-2-4-13(17)9-12)11-15-6-5-14(21-15)7-8-16(19)20/h2-9H,10-11H2,1H3,(H,19,20). The molecule has 0 amide bonds. The second kappa shape index (κ2) is 7.41. The third kappa shape index (κ3) is 5.34. The van der Waals surface area contributed by atoms with Crippen molar-refractivity contribution in [2.45, 2.75) is 13.1 Å². The Hall–Kier alpha value is -1.62. The Bertz CT molecular complexity index is 651. The summed E-state index contributed by atoms with van der Waals surface area (Å²) in [5.41, 5.74) is 1.17. The van der Waals surface area contributed by atoms with Gasteiger partial charge in [0.15, 0.2) is 0 Å². The molecule has 0 aliphatic rings. The molecule has 0 radical (unpaired) electrons. The molecule has 21 heavy (non-hydrogen) atoms. The molecule has 0 bridgehead atoms. The van der Waals surface area contributed by atoms with Gasteiger partial charge in [0.2, 0.25) is 0 Å². The fourth-order valence-corrected chi connectivity index (χ4v) is 3.20. The molecule has 0 saturated carbocycles. The van der Waals surface area contributed by atoms with E-state index in [0.29, 0.717) is 0 Å². The monoisotopic (exact) mass is 321 g/mol. The highest BCUT2D eigenvalue weighted by molar-refractivity contribution is 7.12. The minimum atomic E-state index is -0.928. The van der Waals surface area contributed by atoms with Crippen LogP contribution in [0, 0.1) is 0 Å². The Morgan fingerprint density at radius 3 is 2.86 bits per heavy atom. The predicted molar refractivity (Wildman–Crippen MR) is 87.6 cm³/mol. The first-order valence-corrected chi connectivity index (χ1v) is 7.65. The Labute approximate surface area is 133 Å². The Morgan fingerprint density at radius 1 is 1.33 bits per heavy atom. The summed E-state index contributed by atoms with van der Waals surface area (Å²) in [5.74, 6) is -0.928. The summed E-state index contributed by atoms with van der Waals surface area (Å²) >= 11 is 7.58. The van der Waals surface area contributed by atoms with E-state index in [-0.39, 0.29) is 0 Å². The van der Waals surface area contributed by atoms with Gasteiger partial charge in [0, 0.05) is 33.9 Å². The molecule has 1 aromatic heterocycles. The Kier molecular flexibility index (Phi) is 5.56. The van der Waals surface area contributed by atoms with E-state index in [2.05, 4.69) is 11.0 Å². The Morgan fingerprint density at radius 2 is 2.14 bits per heavy atom. The van der Waals surface area contributed by atoms with Crippen molar-refractivity contribution in [1.82, 2.24) is 4.90 Å². The van der Waals surface area contributed by atoms with Gasteiger partial charge in [-0.25, -0.2) is 4.79 Å². The summed E-state index contributed by atoms with van der Waals surface area (Å²) in [6, 6.07) is 11.8. The van der Waals surface area contributed by atoms with E-state index < -0.39 is 5.97 Å². The average molecular weight is 322 g/mol. The molecule has 0 spiro atoms. The van der Waals surface area contributed by atoms with Crippen LogP contribution in [0.2, 0.25) is 5.02 Å². The summed E-state index contributed by atoms with van der Waals surface area (Å²) in [6.45, 7) is 1.64. The molecule has 0 aliphatic heterocycles. The number of benzene rings is 1. The highest BCUT2D eigenvalue weighted by atomic mass is 35.5. The van der Waals surface area contributed by atoms with Crippen molar-refractivity contribution >= 4 is 35.0 Å². The smallest absolute Gasteiger partial charge is 0.328 e. The Balaban J connectivity index is 1.93. The summed E-state index contributed by atoms with van der Waals surface area (Å²) in [5, 5.41) is 9.36. The van der Waals surface area contributed by atoms with Gasteiger partial charge in [-0.15, -0.1) is 11.3 Å². The molecule has 1 aromatic carbocycles. The van der Waals surface area contributed by atoms with E-state index >= 15 is 0 Å². The molecule has 0 saturated heterocycles. The van der Waals surface area contributed by atoms with Gasteiger partial charge in [0.05, 0.1) is 0 Å². The van der Waals surface area contributed by atoms with Crippen LogP contribution in [0.4, 0.5) is 0 Å². The lowest BCUT2D eigenvalue weighted by atomic mass is 10.2. The van der Waals surface area contributed by atoms with E-state index in [1.165, 1.54) is 10.4 Å². The largest absolute Gasteiger partial charge is 0.478 e. The van der Waals surface area contributed by atoms with E-state index in [9.17, 15) is 4.79 Å². The number of rotatable bonds is 6. The van der Waals surface area contributed by atoms with E-state index in [0.717, 1.165) is 29.1 Å². The van der Waals surface area contributed by atoms with Gasteiger partial charge in [0.1, 0.15) is 0 Å². The summed E-state index contributed by atoms with van der Waals surface area (Å²) < 4.78 is 0. The van der Waals surface area contributed by atoms with Crippen molar-refractivity contribution < 1.29 is 9.90 Å². The summed E-state index contributed by atoms with van der Waals surface area (Å²) in [7, 11) is 2.05. The van der Waals surface area contributed by atoms with Crippen LogP contribution in [0.25, 0.3) is 6.08 Å². The average Bonchev–Trinajstić information content (AvgIpc) is 2.83. The van der Waals surface area contributed by atoms with Gasteiger partial charge in [0.25, 0.3) is 0 Å². The van der Waals surface area contributed by atoms with E-state index in [1.54, 1.807) is 17.4 Å². The van der Waals surface area contributed by atoms with Crippen molar-refractivity contribution in [2.75, 3.05) is 7.05 Å². The van der Waals surface area contributed by atoms with Crippen LogP contribution in [0.5, 0.6) is 0 Å².